The second kappa shape index (κ2) is 7.76. The standard InChI is InChI=1S/C18H17ClO3/c1-13(20)17(11-14-7-9-16(19)10-8-14)18(21)22-12-15-5-3-2-4-6-15/h2-10,17H,11-12H2,1H3. The number of ketones is 1. The third-order valence-electron chi connectivity index (χ3n) is 3.35. The van der Waals surface area contributed by atoms with Gasteiger partial charge in [-0.25, -0.2) is 0 Å². The fraction of sp³-hybridized carbons (Fsp3) is 0.222. The zero-order valence-electron chi connectivity index (χ0n) is 12.3. The molecule has 0 fully saturated rings. The van der Waals surface area contributed by atoms with Crippen LogP contribution in [0.25, 0.3) is 0 Å². The summed E-state index contributed by atoms with van der Waals surface area (Å²) in [7, 11) is 0. The van der Waals surface area contributed by atoms with E-state index in [2.05, 4.69) is 0 Å². The topological polar surface area (TPSA) is 43.4 Å². The van der Waals surface area contributed by atoms with E-state index in [4.69, 9.17) is 16.3 Å². The van der Waals surface area contributed by atoms with E-state index < -0.39 is 11.9 Å². The van der Waals surface area contributed by atoms with Gasteiger partial charge in [0.25, 0.3) is 0 Å². The average molecular weight is 317 g/mol. The van der Waals surface area contributed by atoms with Crippen LogP contribution in [0.15, 0.2) is 54.6 Å². The van der Waals surface area contributed by atoms with Crippen LogP contribution in [0.4, 0.5) is 0 Å². The Labute approximate surface area is 134 Å². The summed E-state index contributed by atoms with van der Waals surface area (Å²) in [4.78, 5) is 23.9. The Morgan fingerprint density at radius 1 is 1.00 bits per heavy atom. The number of hydrogen-bond donors (Lipinski definition) is 0. The Kier molecular flexibility index (Phi) is 5.73. The van der Waals surface area contributed by atoms with Gasteiger partial charge in [0.15, 0.2) is 0 Å². The highest BCUT2D eigenvalue weighted by atomic mass is 35.5. The van der Waals surface area contributed by atoms with Crippen LogP contribution < -0.4 is 0 Å². The first-order chi connectivity index (χ1) is 10.6. The highest BCUT2D eigenvalue weighted by Gasteiger charge is 2.25. The number of benzene rings is 2. The van der Waals surface area contributed by atoms with Crippen molar-refractivity contribution < 1.29 is 14.3 Å². The van der Waals surface area contributed by atoms with Crippen molar-refractivity contribution in [1.29, 1.82) is 0 Å². The van der Waals surface area contributed by atoms with Crippen LogP contribution in [-0.4, -0.2) is 11.8 Å². The molecule has 0 aliphatic rings. The van der Waals surface area contributed by atoms with E-state index >= 15 is 0 Å². The monoisotopic (exact) mass is 316 g/mol. The van der Waals surface area contributed by atoms with Crippen molar-refractivity contribution in [3.8, 4) is 0 Å². The van der Waals surface area contributed by atoms with Crippen molar-refractivity contribution in [2.75, 3.05) is 0 Å². The number of carbonyl (C=O) groups excluding carboxylic acids is 2. The van der Waals surface area contributed by atoms with Gasteiger partial charge in [-0.15, -0.1) is 0 Å². The molecule has 0 heterocycles. The van der Waals surface area contributed by atoms with E-state index in [0.717, 1.165) is 11.1 Å². The first-order valence-electron chi connectivity index (χ1n) is 7.01. The van der Waals surface area contributed by atoms with Crippen LogP contribution in [0, 0.1) is 5.92 Å². The van der Waals surface area contributed by atoms with Gasteiger partial charge >= 0.3 is 5.97 Å². The molecule has 0 aliphatic heterocycles. The van der Waals surface area contributed by atoms with E-state index in [0.29, 0.717) is 11.4 Å². The molecule has 2 aromatic carbocycles. The third-order valence-corrected chi connectivity index (χ3v) is 3.60. The Morgan fingerprint density at radius 3 is 2.23 bits per heavy atom. The summed E-state index contributed by atoms with van der Waals surface area (Å²) >= 11 is 5.83. The van der Waals surface area contributed by atoms with E-state index in [1.165, 1.54) is 6.92 Å². The van der Waals surface area contributed by atoms with Crippen LogP contribution in [0.5, 0.6) is 0 Å². The predicted molar refractivity (Wildman–Crippen MR) is 85.6 cm³/mol. The molecule has 0 aromatic heterocycles. The fourth-order valence-electron chi connectivity index (χ4n) is 2.08. The van der Waals surface area contributed by atoms with E-state index in [1.54, 1.807) is 12.1 Å². The van der Waals surface area contributed by atoms with Gasteiger partial charge in [-0.3, -0.25) is 9.59 Å². The molecule has 2 rings (SSSR count). The maximum Gasteiger partial charge on any atom is 0.317 e. The molecule has 0 amide bonds. The molecule has 0 radical (unpaired) electrons. The molecule has 0 spiro atoms. The Hall–Kier alpha value is -2.13. The number of Topliss-reactive ketones (excluding diaryl/α,β-unsaturated/α-hetero) is 1. The summed E-state index contributed by atoms with van der Waals surface area (Å²) in [6.45, 7) is 1.58. The summed E-state index contributed by atoms with van der Waals surface area (Å²) in [6.07, 6.45) is 0.320. The van der Waals surface area contributed by atoms with Gasteiger partial charge in [0, 0.05) is 5.02 Å². The van der Waals surface area contributed by atoms with Gasteiger partial charge in [0.05, 0.1) is 0 Å². The van der Waals surface area contributed by atoms with Gasteiger partial charge in [0.1, 0.15) is 18.3 Å². The number of ether oxygens (including phenoxy) is 1. The second-order valence-electron chi connectivity index (χ2n) is 5.09. The van der Waals surface area contributed by atoms with Crippen molar-refractivity contribution >= 4 is 23.4 Å². The molecule has 114 valence electrons. The minimum absolute atomic E-state index is 0.171. The number of carbonyl (C=O) groups is 2. The molecule has 1 atom stereocenters. The normalized spacial score (nSPS) is 11.7. The van der Waals surface area contributed by atoms with Crippen molar-refractivity contribution in [2.45, 2.75) is 20.0 Å². The lowest BCUT2D eigenvalue weighted by atomic mass is 9.96. The van der Waals surface area contributed by atoms with Gasteiger partial charge in [-0.05, 0) is 36.6 Å². The fourth-order valence-corrected chi connectivity index (χ4v) is 2.20. The lowest BCUT2D eigenvalue weighted by Gasteiger charge is -2.13. The van der Waals surface area contributed by atoms with Crippen LogP contribution in [0.2, 0.25) is 5.02 Å². The Bertz CT molecular complexity index is 635. The smallest absolute Gasteiger partial charge is 0.317 e. The summed E-state index contributed by atoms with van der Waals surface area (Å²) in [6, 6.07) is 16.5. The highest BCUT2D eigenvalue weighted by Crippen LogP contribution is 2.16. The van der Waals surface area contributed by atoms with Gasteiger partial charge < -0.3 is 4.74 Å². The van der Waals surface area contributed by atoms with Crippen molar-refractivity contribution in [3.63, 3.8) is 0 Å². The van der Waals surface area contributed by atoms with Crippen LogP contribution in [0.3, 0.4) is 0 Å². The first-order valence-corrected chi connectivity index (χ1v) is 7.39. The summed E-state index contributed by atoms with van der Waals surface area (Å²) < 4.78 is 5.26. The first kappa shape index (κ1) is 16.2. The second-order valence-corrected chi connectivity index (χ2v) is 5.52. The number of esters is 1. The van der Waals surface area contributed by atoms with E-state index in [9.17, 15) is 9.59 Å². The summed E-state index contributed by atoms with van der Waals surface area (Å²) in [5.74, 6) is -1.48. The molecule has 1 unspecified atom stereocenters. The Balaban J connectivity index is 1.99. The number of rotatable bonds is 6. The zero-order valence-corrected chi connectivity index (χ0v) is 13.0. The van der Waals surface area contributed by atoms with Crippen molar-refractivity contribution in [2.24, 2.45) is 5.92 Å². The Morgan fingerprint density at radius 2 is 1.64 bits per heavy atom. The molecule has 22 heavy (non-hydrogen) atoms. The SMILES string of the molecule is CC(=O)C(Cc1ccc(Cl)cc1)C(=O)OCc1ccccc1. The molecule has 0 N–H and O–H groups in total. The average Bonchev–Trinajstić information content (AvgIpc) is 2.52. The number of hydrogen-bond acceptors (Lipinski definition) is 3. The lowest BCUT2D eigenvalue weighted by Crippen LogP contribution is -2.26. The largest absolute Gasteiger partial charge is 0.460 e. The molecule has 4 heteroatoms. The molecule has 0 aliphatic carbocycles. The molecule has 0 saturated carbocycles. The molecular formula is C18H17ClO3. The van der Waals surface area contributed by atoms with Crippen LogP contribution in [0.1, 0.15) is 18.1 Å². The summed E-state index contributed by atoms with van der Waals surface area (Å²) in [5.41, 5.74) is 1.77. The minimum atomic E-state index is -0.787. The molecule has 0 saturated heterocycles. The highest BCUT2D eigenvalue weighted by molar-refractivity contribution is 6.30. The molecule has 2 aromatic rings. The maximum absolute atomic E-state index is 12.2. The van der Waals surface area contributed by atoms with Gasteiger partial charge in [-0.1, -0.05) is 54.1 Å². The third kappa shape index (κ3) is 4.71. The maximum atomic E-state index is 12.2. The van der Waals surface area contributed by atoms with E-state index in [1.807, 2.05) is 42.5 Å². The quantitative estimate of drug-likeness (QED) is 0.601. The van der Waals surface area contributed by atoms with Crippen molar-refractivity contribution in [3.05, 3.63) is 70.7 Å². The van der Waals surface area contributed by atoms with E-state index in [-0.39, 0.29) is 12.4 Å². The van der Waals surface area contributed by atoms with Crippen molar-refractivity contribution in [1.82, 2.24) is 0 Å². The lowest BCUT2D eigenvalue weighted by molar-refractivity contribution is -0.152. The van der Waals surface area contributed by atoms with Gasteiger partial charge in [0.2, 0.25) is 0 Å². The molecule has 0 bridgehead atoms. The minimum Gasteiger partial charge on any atom is -0.460 e. The molecular weight excluding hydrogens is 300 g/mol. The summed E-state index contributed by atoms with van der Waals surface area (Å²) in [5, 5.41) is 0.620. The van der Waals surface area contributed by atoms with Crippen LogP contribution in [-0.2, 0) is 27.4 Å². The zero-order chi connectivity index (χ0) is 15.9. The molecule has 3 nitrogen and oxygen atoms in total. The van der Waals surface area contributed by atoms with Gasteiger partial charge in [-0.2, -0.15) is 0 Å². The predicted octanol–water partition coefficient (Wildman–Crippen LogP) is 3.83. The number of halogens is 1. The van der Waals surface area contributed by atoms with Crippen LogP contribution >= 0.6 is 11.6 Å².